The predicted octanol–water partition coefficient (Wildman–Crippen LogP) is 6.23. The van der Waals surface area contributed by atoms with Crippen LogP contribution in [0.3, 0.4) is 0 Å². The van der Waals surface area contributed by atoms with E-state index in [1.807, 2.05) is 26.0 Å². The molecule has 1 heterocycles. The van der Waals surface area contributed by atoms with Crippen molar-refractivity contribution in [1.82, 2.24) is 10.2 Å². The van der Waals surface area contributed by atoms with Crippen molar-refractivity contribution >= 4 is 5.91 Å². The number of carbonyl (C=O) groups excluding carboxylic acids is 1. The summed E-state index contributed by atoms with van der Waals surface area (Å²) in [4.78, 5) is 16.0. The number of benzene rings is 3. The summed E-state index contributed by atoms with van der Waals surface area (Å²) in [5, 5.41) is 3.40. The van der Waals surface area contributed by atoms with Gasteiger partial charge in [-0.2, -0.15) is 0 Å². The van der Waals surface area contributed by atoms with Gasteiger partial charge in [-0.25, -0.2) is 0 Å². The summed E-state index contributed by atoms with van der Waals surface area (Å²) in [5.41, 5.74) is 6.11. The van der Waals surface area contributed by atoms with Crippen molar-refractivity contribution in [3.63, 3.8) is 0 Å². The largest absolute Gasteiger partial charge is 0.493 e. The summed E-state index contributed by atoms with van der Waals surface area (Å²) in [7, 11) is 4.98. The van der Waals surface area contributed by atoms with Crippen molar-refractivity contribution in [2.24, 2.45) is 0 Å². The number of amides is 1. The highest BCUT2D eigenvalue weighted by molar-refractivity contribution is 5.78. The van der Waals surface area contributed by atoms with Crippen LogP contribution < -0.4 is 24.3 Å². The van der Waals surface area contributed by atoms with E-state index >= 15 is 0 Å². The summed E-state index contributed by atoms with van der Waals surface area (Å²) in [6.07, 6.45) is 5.85. The van der Waals surface area contributed by atoms with Crippen LogP contribution in [-0.2, 0) is 24.1 Å². The number of ether oxygens (including phenoxy) is 4. The van der Waals surface area contributed by atoms with Gasteiger partial charge in [-0.05, 0) is 98.0 Å². The molecule has 0 fully saturated rings. The fourth-order valence-electron chi connectivity index (χ4n) is 6.42. The van der Waals surface area contributed by atoms with Gasteiger partial charge in [-0.15, -0.1) is 0 Å². The molecule has 2 atom stereocenters. The minimum absolute atomic E-state index is 0.00849. The van der Waals surface area contributed by atoms with Gasteiger partial charge in [0.1, 0.15) is 0 Å². The highest BCUT2D eigenvalue weighted by Crippen LogP contribution is 2.41. The van der Waals surface area contributed by atoms with Crippen LogP contribution in [0.4, 0.5) is 0 Å². The Hall–Kier alpha value is -3.71. The van der Waals surface area contributed by atoms with E-state index in [0.29, 0.717) is 24.5 Å². The zero-order valence-corrected chi connectivity index (χ0v) is 25.6. The summed E-state index contributed by atoms with van der Waals surface area (Å²) in [5.74, 6) is 2.92. The lowest BCUT2D eigenvalue weighted by Crippen LogP contribution is -2.44. The van der Waals surface area contributed by atoms with Gasteiger partial charge in [-0.3, -0.25) is 9.69 Å². The molecule has 5 rings (SSSR count). The Morgan fingerprint density at radius 3 is 2.38 bits per heavy atom. The first-order valence-electron chi connectivity index (χ1n) is 15.1. The number of nitrogens with zero attached hydrogens (tertiary/aromatic N) is 1. The third-order valence-corrected chi connectivity index (χ3v) is 8.43. The first-order chi connectivity index (χ1) is 20.4. The molecule has 0 bridgehead atoms. The van der Waals surface area contributed by atoms with Gasteiger partial charge in [0, 0.05) is 12.6 Å². The second-order valence-corrected chi connectivity index (χ2v) is 11.6. The van der Waals surface area contributed by atoms with E-state index in [2.05, 4.69) is 52.7 Å². The predicted molar refractivity (Wildman–Crippen MR) is 165 cm³/mol. The van der Waals surface area contributed by atoms with Crippen molar-refractivity contribution in [3.8, 4) is 23.0 Å². The van der Waals surface area contributed by atoms with Crippen LogP contribution in [0.1, 0.15) is 73.0 Å². The zero-order chi connectivity index (χ0) is 29.6. The van der Waals surface area contributed by atoms with E-state index in [1.54, 1.807) is 21.3 Å². The summed E-state index contributed by atoms with van der Waals surface area (Å²) >= 11 is 0. The number of hydrogen-bond acceptors (Lipinski definition) is 6. The van der Waals surface area contributed by atoms with Gasteiger partial charge in [0.2, 0.25) is 5.91 Å². The molecule has 1 amide bonds. The first-order valence-corrected chi connectivity index (χ1v) is 15.1. The molecule has 7 heteroatoms. The molecule has 1 N–H and O–H groups in total. The number of carbonyl (C=O) groups is 1. The second kappa shape index (κ2) is 13.5. The standard InChI is InChI=1S/C35H44N2O5/c1-23(2)42-34-21-28-26(20-33(34)41-5)16-17-37(30(28)18-24-14-15-31(39-3)32(19-24)40-4)22-35(38)36-29-13-9-7-11-25-10-6-8-12-27(25)29/h6,8,10,12,14-15,19-21,23,29-30H,7,9,11,13,16-18,22H2,1-5H3,(H,36,38). The highest BCUT2D eigenvalue weighted by Gasteiger charge is 2.32. The van der Waals surface area contributed by atoms with Crippen LogP contribution in [0.2, 0.25) is 0 Å². The summed E-state index contributed by atoms with van der Waals surface area (Å²) in [6.45, 7) is 5.13. The normalized spacial score (nSPS) is 18.4. The lowest BCUT2D eigenvalue weighted by atomic mass is 9.88. The summed E-state index contributed by atoms with van der Waals surface area (Å²) < 4.78 is 23.0. The molecule has 224 valence electrons. The first kappa shape index (κ1) is 29.8. The molecular formula is C35H44N2O5. The third-order valence-electron chi connectivity index (χ3n) is 8.43. The monoisotopic (exact) mass is 572 g/mol. The molecule has 2 unspecified atom stereocenters. The SMILES string of the molecule is COc1ccc(CC2c3cc(OC(C)C)c(OC)cc3CCN2CC(=O)NC2CCCCc3ccccc32)cc1OC. The molecule has 7 nitrogen and oxygen atoms in total. The Morgan fingerprint density at radius 1 is 0.857 bits per heavy atom. The van der Waals surface area contributed by atoms with E-state index in [4.69, 9.17) is 18.9 Å². The maximum Gasteiger partial charge on any atom is 0.234 e. The zero-order valence-electron chi connectivity index (χ0n) is 25.6. The van der Waals surface area contributed by atoms with Gasteiger partial charge in [0.15, 0.2) is 23.0 Å². The third kappa shape index (κ3) is 6.67. The van der Waals surface area contributed by atoms with Crippen LogP contribution >= 0.6 is 0 Å². The maximum absolute atomic E-state index is 13.7. The molecule has 0 spiro atoms. The van der Waals surface area contributed by atoms with Gasteiger partial charge >= 0.3 is 0 Å². The number of methoxy groups -OCH3 is 3. The minimum atomic E-state index is -0.0283. The van der Waals surface area contributed by atoms with Gasteiger partial charge in [-0.1, -0.05) is 36.8 Å². The van der Waals surface area contributed by atoms with E-state index < -0.39 is 0 Å². The Morgan fingerprint density at radius 2 is 1.62 bits per heavy atom. The van der Waals surface area contributed by atoms with E-state index in [1.165, 1.54) is 22.3 Å². The smallest absolute Gasteiger partial charge is 0.234 e. The van der Waals surface area contributed by atoms with Crippen molar-refractivity contribution in [2.45, 2.75) is 70.6 Å². The average molecular weight is 573 g/mol. The minimum Gasteiger partial charge on any atom is -0.493 e. The van der Waals surface area contributed by atoms with Crippen molar-refractivity contribution in [2.75, 3.05) is 34.4 Å². The fraction of sp³-hybridized carbons (Fsp3) is 0.457. The second-order valence-electron chi connectivity index (χ2n) is 11.6. The number of hydrogen-bond donors (Lipinski definition) is 1. The molecule has 0 aromatic heterocycles. The fourth-order valence-corrected chi connectivity index (χ4v) is 6.42. The highest BCUT2D eigenvalue weighted by atomic mass is 16.5. The van der Waals surface area contributed by atoms with Gasteiger partial charge in [0.05, 0.1) is 40.0 Å². The number of nitrogens with one attached hydrogen (secondary N) is 1. The molecule has 42 heavy (non-hydrogen) atoms. The molecule has 0 saturated heterocycles. The molecule has 3 aromatic rings. The number of rotatable bonds is 10. The van der Waals surface area contributed by atoms with Crippen LogP contribution in [0, 0.1) is 0 Å². The number of fused-ring (bicyclic) bond motifs is 2. The maximum atomic E-state index is 13.7. The van der Waals surface area contributed by atoms with Crippen molar-refractivity contribution in [3.05, 3.63) is 82.4 Å². The van der Waals surface area contributed by atoms with Gasteiger partial charge in [0.25, 0.3) is 0 Å². The lowest BCUT2D eigenvalue weighted by Gasteiger charge is -2.38. The van der Waals surface area contributed by atoms with Crippen molar-refractivity contribution < 1.29 is 23.7 Å². The molecular weight excluding hydrogens is 528 g/mol. The Balaban J connectivity index is 1.44. The Bertz CT molecular complexity index is 1390. The van der Waals surface area contributed by atoms with Crippen LogP contribution in [0.5, 0.6) is 23.0 Å². The van der Waals surface area contributed by atoms with Crippen LogP contribution in [0.25, 0.3) is 0 Å². The number of aryl methyl sites for hydroxylation is 1. The van der Waals surface area contributed by atoms with Gasteiger partial charge < -0.3 is 24.3 Å². The van der Waals surface area contributed by atoms with Crippen molar-refractivity contribution in [1.29, 1.82) is 0 Å². The molecule has 0 saturated carbocycles. The topological polar surface area (TPSA) is 69.3 Å². The molecule has 0 radical (unpaired) electrons. The van der Waals surface area contributed by atoms with E-state index in [-0.39, 0.29) is 24.1 Å². The molecule has 3 aromatic carbocycles. The molecule has 2 aliphatic rings. The Labute approximate surface area is 250 Å². The van der Waals surface area contributed by atoms with Crippen LogP contribution in [0.15, 0.2) is 54.6 Å². The Kier molecular flexibility index (Phi) is 9.58. The molecule has 1 aliphatic heterocycles. The average Bonchev–Trinajstić information content (AvgIpc) is 3.19. The van der Waals surface area contributed by atoms with Crippen LogP contribution in [-0.4, -0.2) is 51.3 Å². The quantitative estimate of drug-likeness (QED) is 0.291. The summed E-state index contributed by atoms with van der Waals surface area (Å²) in [6, 6.07) is 18.8. The van der Waals surface area contributed by atoms with E-state index in [9.17, 15) is 4.79 Å². The van der Waals surface area contributed by atoms with E-state index in [0.717, 1.165) is 55.7 Å². The lowest BCUT2D eigenvalue weighted by molar-refractivity contribution is -0.123. The molecule has 1 aliphatic carbocycles.